The molecule has 1 amide bonds. The Hall–Kier alpha value is -2.04. The molecule has 5 heteroatoms. The fourth-order valence-electron chi connectivity index (χ4n) is 6.47. The van der Waals surface area contributed by atoms with Crippen molar-refractivity contribution in [2.45, 2.75) is 50.7 Å². The molecule has 0 aromatic heterocycles. The number of piperidine rings is 1. The summed E-state index contributed by atoms with van der Waals surface area (Å²) < 4.78 is 6.01. The number of aryl methyl sites for hydroxylation is 1. The Morgan fingerprint density at radius 1 is 0.939 bits per heavy atom. The summed E-state index contributed by atoms with van der Waals surface area (Å²) in [6, 6.07) is 17.5. The van der Waals surface area contributed by atoms with Gasteiger partial charge in [0.05, 0.1) is 13.1 Å². The first-order valence-corrected chi connectivity index (χ1v) is 12.9. The van der Waals surface area contributed by atoms with E-state index in [1.807, 2.05) is 30.0 Å². The topological polar surface area (TPSA) is 32.8 Å². The molecule has 0 bridgehead atoms. The Kier molecular flexibility index (Phi) is 5.62. The number of hydrogen-bond donors (Lipinski definition) is 0. The van der Waals surface area contributed by atoms with E-state index in [1.165, 1.54) is 31.2 Å². The number of carbonyl (C=O) groups excluding carboxylic acids is 1. The quantitative estimate of drug-likeness (QED) is 0.614. The molecule has 2 heterocycles. The Labute approximate surface area is 201 Å². The smallest absolute Gasteiger partial charge is 0.226 e. The number of ether oxygens (including phenoxy) is 1. The van der Waals surface area contributed by atoms with E-state index >= 15 is 0 Å². The molecule has 2 aliphatic heterocycles. The van der Waals surface area contributed by atoms with Crippen LogP contribution in [0.5, 0.6) is 5.75 Å². The lowest BCUT2D eigenvalue weighted by molar-refractivity contribution is -0.142. The molecular weight excluding hydrogens is 432 g/mol. The van der Waals surface area contributed by atoms with Crippen LogP contribution in [0.1, 0.15) is 42.7 Å². The van der Waals surface area contributed by atoms with Gasteiger partial charge in [-0.05, 0) is 73.6 Å². The number of nitrogens with zero attached hydrogens (tertiary/aromatic N) is 2. The summed E-state index contributed by atoms with van der Waals surface area (Å²) in [4.78, 5) is 17.7. The fourth-order valence-corrected chi connectivity index (χ4v) is 6.64. The standard InChI is InChI=1S/C28H33ClN2O2/c1-18-7-12-22(13-26(18)29)33-23-14-31(15-23)28(32)27-24-16-30(17-25(24)27)21-10-8-20(9-11-21)19-5-3-2-4-6-19/h2-7,12-13,20-21,23-25,27H,8-11,14-17H2,1H3/t20?,21?,24-,25+,27?. The first kappa shape index (κ1) is 21.5. The maximum Gasteiger partial charge on any atom is 0.226 e. The highest BCUT2D eigenvalue weighted by molar-refractivity contribution is 6.31. The summed E-state index contributed by atoms with van der Waals surface area (Å²) in [6.07, 6.45) is 5.27. The van der Waals surface area contributed by atoms with Crippen LogP contribution in [0.3, 0.4) is 0 Å². The van der Waals surface area contributed by atoms with E-state index in [1.54, 1.807) is 0 Å². The van der Waals surface area contributed by atoms with Crippen LogP contribution in [0.15, 0.2) is 48.5 Å². The third-order valence-electron chi connectivity index (χ3n) is 8.60. The molecule has 4 nitrogen and oxygen atoms in total. The van der Waals surface area contributed by atoms with Crippen molar-refractivity contribution in [2.24, 2.45) is 17.8 Å². The van der Waals surface area contributed by atoms with Gasteiger partial charge in [0.15, 0.2) is 0 Å². The zero-order chi connectivity index (χ0) is 22.5. The van der Waals surface area contributed by atoms with Crippen molar-refractivity contribution in [3.63, 3.8) is 0 Å². The summed E-state index contributed by atoms with van der Waals surface area (Å²) in [5, 5.41) is 0.726. The van der Waals surface area contributed by atoms with Crippen molar-refractivity contribution >= 4 is 17.5 Å². The van der Waals surface area contributed by atoms with E-state index in [-0.39, 0.29) is 12.0 Å². The monoisotopic (exact) mass is 464 g/mol. The number of carbonyl (C=O) groups is 1. The normalized spacial score (nSPS) is 31.7. The highest BCUT2D eigenvalue weighted by atomic mass is 35.5. The molecule has 33 heavy (non-hydrogen) atoms. The Morgan fingerprint density at radius 3 is 2.30 bits per heavy atom. The number of hydrogen-bond acceptors (Lipinski definition) is 3. The summed E-state index contributed by atoms with van der Waals surface area (Å²) in [6.45, 7) is 5.63. The Morgan fingerprint density at radius 2 is 1.64 bits per heavy atom. The first-order valence-electron chi connectivity index (χ1n) is 12.6. The minimum atomic E-state index is 0.0858. The van der Waals surface area contributed by atoms with Crippen molar-refractivity contribution < 1.29 is 9.53 Å². The van der Waals surface area contributed by atoms with E-state index in [0.29, 0.717) is 30.8 Å². The fraction of sp³-hybridized carbons (Fsp3) is 0.536. The first-order chi connectivity index (χ1) is 16.1. The highest BCUT2D eigenvalue weighted by Crippen LogP contribution is 2.54. The summed E-state index contributed by atoms with van der Waals surface area (Å²) in [7, 11) is 0. The molecule has 4 fully saturated rings. The number of halogens is 1. The molecule has 174 valence electrons. The van der Waals surface area contributed by atoms with Crippen molar-refractivity contribution in [1.82, 2.24) is 9.80 Å². The Balaban J connectivity index is 0.942. The van der Waals surface area contributed by atoms with E-state index in [9.17, 15) is 4.79 Å². The van der Waals surface area contributed by atoms with Gasteiger partial charge in [-0.3, -0.25) is 9.69 Å². The number of benzene rings is 2. The van der Waals surface area contributed by atoms with Crippen LogP contribution >= 0.6 is 11.6 Å². The second-order valence-corrected chi connectivity index (χ2v) is 11.0. The van der Waals surface area contributed by atoms with Gasteiger partial charge in [0.25, 0.3) is 0 Å². The SMILES string of the molecule is Cc1ccc(OC2CN(C(=O)C3[C@H]4CN(C5CCC(c6ccccc6)CC5)C[C@@H]34)C2)cc1Cl. The van der Waals surface area contributed by atoms with E-state index in [2.05, 4.69) is 35.2 Å². The van der Waals surface area contributed by atoms with Gasteiger partial charge < -0.3 is 9.64 Å². The lowest BCUT2D eigenvalue weighted by Gasteiger charge is -2.40. The number of rotatable bonds is 5. The minimum Gasteiger partial charge on any atom is -0.487 e. The van der Waals surface area contributed by atoms with Crippen molar-refractivity contribution in [2.75, 3.05) is 26.2 Å². The van der Waals surface area contributed by atoms with E-state index in [0.717, 1.165) is 41.4 Å². The van der Waals surface area contributed by atoms with Gasteiger partial charge in [-0.25, -0.2) is 0 Å². The number of amides is 1. The third kappa shape index (κ3) is 4.17. The predicted octanol–water partition coefficient (Wildman–Crippen LogP) is 5.14. The molecule has 3 atom stereocenters. The summed E-state index contributed by atoms with van der Waals surface area (Å²) in [5.41, 5.74) is 2.56. The van der Waals surface area contributed by atoms with Gasteiger partial charge in [0.1, 0.15) is 11.9 Å². The van der Waals surface area contributed by atoms with Crippen LogP contribution in [0.4, 0.5) is 0 Å². The third-order valence-corrected chi connectivity index (χ3v) is 9.00. The molecule has 2 aromatic carbocycles. The van der Waals surface area contributed by atoms with Crippen molar-refractivity contribution in [1.29, 1.82) is 0 Å². The predicted molar refractivity (Wildman–Crippen MR) is 131 cm³/mol. The van der Waals surface area contributed by atoms with Crippen molar-refractivity contribution in [3.05, 3.63) is 64.7 Å². The van der Waals surface area contributed by atoms with E-state index < -0.39 is 0 Å². The van der Waals surface area contributed by atoms with Gasteiger partial charge in [0, 0.05) is 30.1 Å². The van der Waals surface area contributed by atoms with Crippen LogP contribution < -0.4 is 4.74 Å². The van der Waals surface area contributed by atoms with Crippen LogP contribution in [0.2, 0.25) is 5.02 Å². The van der Waals surface area contributed by atoms with E-state index in [4.69, 9.17) is 16.3 Å². The van der Waals surface area contributed by atoms with Gasteiger partial charge in [0.2, 0.25) is 5.91 Å². The molecule has 2 saturated heterocycles. The Bertz CT molecular complexity index is 1000. The van der Waals surface area contributed by atoms with Crippen LogP contribution in [0.25, 0.3) is 0 Å². The van der Waals surface area contributed by atoms with Gasteiger partial charge in [-0.1, -0.05) is 48.0 Å². The lowest BCUT2D eigenvalue weighted by atomic mass is 9.81. The molecule has 6 rings (SSSR count). The maximum absolute atomic E-state index is 13.0. The van der Waals surface area contributed by atoms with Gasteiger partial charge in [-0.2, -0.15) is 0 Å². The largest absolute Gasteiger partial charge is 0.487 e. The zero-order valence-corrected chi connectivity index (χ0v) is 20.1. The number of fused-ring (bicyclic) bond motifs is 1. The average molecular weight is 465 g/mol. The molecule has 0 spiro atoms. The van der Waals surface area contributed by atoms with Gasteiger partial charge >= 0.3 is 0 Å². The minimum absolute atomic E-state index is 0.0858. The molecule has 2 aliphatic carbocycles. The second-order valence-electron chi connectivity index (χ2n) is 10.6. The second kappa shape index (κ2) is 8.63. The zero-order valence-electron chi connectivity index (χ0n) is 19.3. The molecule has 1 unspecified atom stereocenters. The highest BCUT2D eigenvalue weighted by Gasteiger charge is 2.61. The van der Waals surface area contributed by atoms with Crippen LogP contribution in [0, 0.1) is 24.7 Å². The summed E-state index contributed by atoms with van der Waals surface area (Å²) >= 11 is 6.20. The van der Waals surface area contributed by atoms with Gasteiger partial charge in [-0.15, -0.1) is 0 Å². The summed E-state index contributed by atoms with van der Waals surface area (Å²) in [5.74, 6) is 3.31. The molecule has 2 aromatic rings. The molecular formula is C28H33ClN2O2. The average Bonchev–Trinajstić information content (AvgIpc) is 3.31. The number of likely N-dealkylation sites (tertiary alicyclic amines) is 2. The van der Waals surface area contributed by atoms with Crippen molar-refractivity contribution in [3.8, 4) is 5.75 Å². The van der Waals surface area contributed by atoms with Crippen LogP contribution in [-0.4, -0.2) is 54.0 Å². The molecule has 4 aliphatic rings. The molecule has 0 radical (unpaired) electrons. The maximum atomic E-state index is 13.0. The van der Waals surface area contributed by atoms with Crippen LogP contribution in [-0.2, 0) is 4.79 Å². The lowest BCUT2D eigenvalue weighted by Crippen LogP contribution is -2.57. The molecule has 2 saturated carbocycles. The molecule has 0 N–H and O–H groups in total.